The summed E-state index contributed by atoms with van der Waals surface area (Å²) in [6, 6.07) is 10.3. The Morgan fingerprint density at radius 3 is 3.00 bits per heavy atom. The van der Waals surface area contributed by atoms with Crippen LogP contribution in [0.4, 0.5) is 0 Å². The van der Waals surface area contributed by atoms with E-state index >= 15 is 0 Å². The van der Waals surface area contributed by atoms with E-state index in [1.165, 1.54) is 10.3 Å². The first-order valence-electron chi connectivity index (χ1n) is 5.91. The van der Waals surface area contributed by atoms with Crippen LogP contribution in [0.5, 0.6) is 0 Å². The van der Waals surface area contributed by atoms with E-state index in [0.29, 0.717) is 0 Å². The van der Waals surface area contributed by atoms with Crippen LogP contribution < -0.4 is 5.32 Å². The van der Waals surface area contributed by atoms with Crippen LogP contribution >= 0.6 is 11.3 Å². The summed E-state index contributed by atoms with van der Waals surface area (Å²) in [4.78, 5) is 4.65. The Balaban J connectivity index is 1.89. The van der Waals surface area contributed by atoms with E-state index in [1.54, 1.807) is 17.6 Å². The third-order valence-electron chi connectivity index (χ3n) is 2.85. The van der Waals surface area contributed by atoms with Gasteiger partial charge in [-0.05, 0) is 25.2 Å². The van der Waals surface area contributed by atoms with Crippen LogP contribution in [0.15, 0.2) is 41.0 Å². The maximum Gasteiger partial charge on any atom is 0.121 e. The van der Waals surface area contributed by atoms with Gasteiger partial charge in [-0.2, -0.15) is 0 Å². The van der Waals surface area contributed by atoms with Crippen LogP contribution in [0.2, 0.25) is 0 Å². The van der Waals surface area contributed by atoms with Crippen molar-refractivity contribution in [2.75, 3.05) is 7.05 Å². The topological polar surface area (TPSA) is 38.1 Å². The number of nitrogens with one attached hydrogen (secondary N) is 1. The molecule has 3 rings (SSSR count). The normalized spacial score (nSPS) is 11.2. The van der Waals surface area contributed by atoms with Crippen molar-refractivity contribution in [2.24, 2.45) is 0 Å². The second-order valence-electron chi connectivity index (χ2n) is 4.15. The number of rotatable bonds is 4. The minimum atomic E-state index is 0.757. The lowest BCUT2D eigenvalue weighted by atomic mass is 10.2. The molecule has 0 saturated heterocycles. The maximum absolute atomic E-state index is 5.47. The predicted molar refractivity (Wildman–Crippen MR) is 73.9 cm³/mol. The quantitative estimate of drug-likeness (QED) is 0.781. The van der Waals surface area contributed by atoms with Crippen LogP contribution in [0.25, 0.3) is 10.2 Å². The summed E-state index contributed by atoms with van der Waals surface area (Å²) in [5.41, 5.74) is 2.29. The second-order valence-corrected chi connectivity index (χ2v) is 5.27. The van der Waals surface area contributed by atoms with Crippen LogP contribution in [-0.2, 0) is 13.0 Å². The van der Waals surface area contributed by atoms with Gasteiger partial charge in [0.15, 0.2) is 0 Å². The van der Waals surface area contributed by atoms with Crippen molar-refractivity contribution in [2.45, 2.75) is 13.0 Å². The molecule has 92 valence electrons. The Kier molecular flexibility index (Phi) is 3.13. The lowest BCUT2D eigenvalue weighted by Gasteiger charge is -1.99. The van der Waals surface area contributed by atoms with E-state index in [-0.39, 0.29) is 0 Å². The molecule has 0 aliphatic rings. The summed E-state index contributed by atoms with van der Waals surface area (Å²) in [6.07, 6.45) is 2.59. The van der Waals surface area contributed by atoms with Crippen molar-refractivity contribution in [3.8, 4) is 0 Å². The zero-order valence-electron chi connectivity index (χ0n) is 10.1. The number of hydrogen-bond donors (Lipinski definition) is 1. The van der Waals surface area contributed by atoms with Crippen LogP contribution in [0.1, 0.15) is 16.3 Å². The Bertz CT molecular complexity index is 623. The standard InChI is InChI=1S/C14H14N2OS/c1-15-9-12-10(6-7-17-12)8-14-16-11-4-2-3-5-13(11)18-14/h2-7,15H,8-9H2,1H3. The van der Waals surface area contributed by atoms with Crippen molar-refractivity contribution in [1.82, 2.24) is 10.3 Å². The fourth-order valence-corrected chi connectivity index (χ4v) is 2.99. The van der Waals surface area contributed by atoms with E-state index in [0.717, 1.165) is 29.3 Å². The van der Waals surface area contributed by atoms with Crippen LogP contribution in [0.3, 0.4) is 0 Å². The molecule has 0 spiro atoms. The van der Waals surface area contributed by atoms with Gasteiger partial charge in [0.1, 0.15) is 5.76 Å². The van der Waals surface area contributed by atoms with Gasteiger partial charge in [0.05, 0.1) is 28.0 Å². The van der Waals surface area contributed by atoms with Gasteiger partial charge in [0, 0.05) is 12.0 Å². The lowest BCUT2D eigenvalue weighted by Crippen LogP contribution is -2.06. The van der Waals surface area contributed by atoms with Gasteiger partial charge in [-0.25, -0.2) is 4.98 Å². The van der Waals surface area contributed by atoms with Gasteiger partial charge in [0.2, 0.25) is 0 Å². The fraction of sp³-hybridized carbons (Fsp3) is 0.214. The van der Waals surface area contributed by atoms with Gasteiger partial charge < -0.3 is 9.73 Å². The molecule has 0 aliphatic heterocycles. The van der Waals surface area contributed by atoms with Gasteiger partial charge in [-0.1, -0.05) is 12.1 Å². The summed E-state index contributed by atoms with van der Waals surface area (Å²) in [5.74, 6) is 0.997. The molecule has 18 heavy (non-hydrogen) atoms. The summed E-state index contributed by atoms with van der Waals surface area (Å²) in [6.45, 7) is 0.757. The van der Waals surface area contributed by atoms with Gasteiger partial charge in [-0.3, -0.25) is 0 Å². The Hall–Kier alpha value is -1.65. The zero-order valence-corrected chi connectivity index (χ0v) is 11.0. The monoisotopic (exact) mass is 258 g/mol. The first-order valence-corrected chi connectivity index (χ1v) is 6.73. The molecule has 0 saturated carbocycles. The number of fused-ring (bicyclic) bond motifs is 1. The third kappa shape index (κ3) is 2.17. The molecule has 3 aromatic rings. The molecule has 0 aliphatic carbocycles. The molecular formula is C14H14N2OS. The second kappa shape index (κ2) is 4.92. The Morgan fingerprint density at radius 1 is 1.28 bits per heavy atom. The van der Waals surface area contributed by atoms with Gasteiger partial charge in [-0.15, -0.1) is 11.3 Å². The van der Waals surface area contributed by atoms with E-state index in [4.69, 9.17) is 4.42 Å². The molecule has 0 amide bonds. The largest absolute Gasteiger partial charge is 0.468 e. The van der Waals surface area contributed by atoms with Crippen molar-refractivity contribution < 1.29 is 4.42 Å². The maximum atomic E-state index is 5.47. The van der Waals surface area contributed by atoms with E-state index in [9.17, 15) is 0 Å². The number of para-hydroxylation sites is 1. The lowest BCUT2D eigenvalue weighted by molar-refractivity contribution is 0.491. The van der Waals surface area contributed by atoms with Gasteiger partial charge in [0.25, 0.3) is 0 Å². The molecule has 0 fully saturated rings. The fourth-order valence-electron chi connectivity index (χ4n) is 2.00. The van der Waals surface area contributed by atoms with Crippen LogP contribution in [-0.4, -0.2) is 12.0 Å². The zero-order chi connectivity index (χ0) is 12.4. The molecule has 2 heterocycles. The minimum absolute atomic E-state index is 0.757. The summed E-state index contributed by atoms with van der Waals surface area (Å²) in [5, 5.41) is 4.25. The molecule has 2 aromatic heterocycles. The molecule has 0 atom stereocenters. The van der Waals surface area contributed by atoms with E-state index < -0.39 is 0 Å². The number of nitrogens with zero attached hydrogens (tertiary/aromatic N) is 1. The molecule has 0 radical (unpaired) electrons. The molecule has 1 aromatic carbocycles. The van der Waals surface area contributed by atoms with Crippen molar-refractivity contribution in [1.29, 1.82) is 0 Å². The average Bonchev–Trinajstić information content (AvgIpc) is 2.97. The number of hydrogen-bond acceptors (Lipinski definition) is 4. The third-order valence-corrected chi connectivity index (χ3v) is 3.89. The van der Waals surface area contributed by atoms with Crippen molar-refractivity contribution in [3.63, 3.8) is 0 Å². The number of aromatic nitrogens is 1. The van der Waals surface area contributed by atoms with Crippen molar-refractivity contribution >= 4 is 21.6 Å². The molecule has 0 unspecified atom stereocenters. The Labute approximate surface area is 109 Å². The first kappa shape index (κ1) is 11.4. The summed E-state index contributed by atoms with van der Waals surface area (Å²) >= 11 is 1.75. The molecular weight excluding hydrogens is 244 g/mol. The van der Waals surface area contributed by atoms with Gasteiger partial charge >= 0.3 is 0 Å². The average molecular weight is 258 g/mol. The molecule has 1 N–H and O–H groups in total. The SMILES string of the molecule is CNCc1occc1Cc1nc2ccccc2s1. The van der Waals surface area contributed by atoms with E-state index in [2.05, 4.69) is 28.5 Å². The highest BCUT2D eigenvalue weighted by Crippen LogP contribution is 2.24. The minimum Gasteiger partial charge on any atom is -0.468 e. The molecule has 4 heteroatoms. The molecule has 3 nitrogen and oxygen atoms in total. The number of furan rings is 1. The number of benzene rings is 1. The summed E-state index contributed by atoms with van der Waals surface area (Å²) < 4.78 is 6.71. The summed E-state index contributed by atoms with van der Waals surface area (Å²) in [7, 11) is 1.92. The van der Waals surface area contributed by atoms with Crippen LogP contribution in [0, 0.1) is 0 Å². The first-order chi connectivity index (χ1) is 8.86. The smallest absolute Gasteiger partial charge is 0.121 e. The van der Waals surface area contributed by atoms with Crippen molar-refractivity contribution in [3.05, 3.63) is 52.9 Å². The predicted octanol–water partition coefficient (Wildman–Crippen LogP) is 3.20. The Morgan fingerprint density at radius 2 is 2.17 bits per heavy atom. The number of thiazole rings is 1. The molecule has 0 bridgehead atoms. The highest BCUT2D eigenvalue weighted by atomic mass is 32.1. The highest BCUT2D eigenvalue weighted by molar-refractivity contribution is 7.18. The highest BCUT2D eigenvalue weighted by Gasteiger charge is 2.09. The van der Waals surface area contributed by atoms with E-state index in [1.807, 2.05) is 19.2 Å².